The number of nitrogens with zero attached hydrogens (tertiary/aromatic N) is 1. The van der Waals surface area contributed by atoms with Gasteiger partial charge in [-0.3, -0.25) is 19.3 Å². The predicted octanol–water partition coefficient (Wildman–Crippen LogP) is 4.53. The molecule has 0 saturated heterocycles. The van der Waals surface area contributed by atoms with E-state index in [2.05, 4.69) is 5.32 Å². The fourth-order valence-corrected chi connectivity index (χ4v) is 3.33. The second-order valence-corrected chi connectivity index (χ2v) is 6.93. The molecule has 0 spiro atoms. The maximum atomic E-state index is 13.3. The number of carbonyl (C=O) groups excluding carboxylic acids is 3. The van der Waals surface area contributed by atoms with Gasteiger partial charge in [-0.25, -0.2) is 4.39 Å². The zero-order valence-corrected chi connectivity index (χ0v) is 15.7. The minimum Gasteiger partial charge on any atom is -0.322 e. The lowest BCUT2D eigenvalue weighted by Crippen LogP contribution is -2.29. The van der Waals surface area contributed by atoms with Gasteiger partial charge < -0.3 is 5.32 Å². The van der Waals surface area contributed by atoms with E-state index < -0.39 is 11.7 Å². The Labute approximate surface area is 170 Å². The molecular formula is C22H14ClFN2O3. The molecule has 0 aliphatic carbocycles. The first kappa shape index (κ1) is 18.8. The zero-order chi connectivity index (χ0) is 20.5. The number of benzene rings is 3. The molecule has 0 bridgehead atoms. The molecule has 3 amide bonds. The molecule has 3 aromatic carbocycles. The van der Waals surface area contributed by atoms with Crippen LogP contribution in [0, 0.1) is 5.82 Å². The average molecular weight is 409 g/mol. The summed E-state index contributed by atoms with van der Waals surface area (Å²) in [7, 11) is 0. The van der Waals surface area contributed by atoms with Crippen molar-refractivity contribution in [3.63, 3.8) is 0 Å². The first-order valence-corrected chi connectivity index (χ1v) is 9.12. The highest BCUT2D eigenvalue weighted by atomic mass is 35.5. The van der Waals surface area contributed by atoms with E-state index in [9.17, 15) is 18.8 Å². The van der Waals surface area contributed by atoms with Crippen LogP contribution in [0.15, 0.2) is 66.7 Å². The normalized spacial score (nSPS) is 12.8. The highest BCUT2D eigenvalue weighted by Crippen LogP contribution is 2.25. The zero-order valence-electron chi connectivity index (χ0n) is 15.0. The summed E-state index contributed by atoms with van der Waals surface area (Å²) in [5, 5.41) is 2.55. The van der Waals surface area contributed by atoms with Crippen LogP contribution in [0.5, 0.6) is 0 Å². The molecule has 144 valence electrons. The number of nitrogens with one attached hydrogen (secondary N) is 1. The van der Waals surface area contributed by atoms with E-state index in [1.165, 1.54) is 12.1 Å². The van der Waals surface area contributed by atoms with Gasteiger partial charge in [0.1, 0.15) is 5.82 Å². The molecule has 5 nitrogen and oxygen atoms in total. The first-order valence-electron chi connectivity index (χ1n) is 8.74. The molecule has 1 N–H and O–H groups in total. The molecule has 1 aliphatic rings. The number of carbonyl (C=O) groups is 3. The van der Waals surface area contributed by atoms with Crippen LogP contribution in [0.1, 0.15) is 36.6 Å². The van der Waals surface area contributed by atoms with Crippen molar-refractivity contribution in [2.24, 2.45) is 0 Å². The lowest BCUT2D eigenvalue weighted by atomic mass is 10.1. The average Bonchev–Trinajstić information content (AvgIpc) is 2.96. The molecular weight excluding hydrogens is 395 g/mol. The first-order chi connectivity index (χ1) is 13.9. The van der Waals surface area contributed by atoms with Crippen molar-refractivity contribution in [3.05, 3.63) is 99.8 Å². The largest absolute Gasteiger partial charge is 0.322 e. The van der Waals surface area contributed by atoms with Crippen molar-refractivity contribution in [1.82, 2.24) is 4.90 Å². The molecule has 1 heterocycles. The van der Waals surface area contributed by atoms with Crippen molar-refractivity contribution >= 4 is 35.0 Å². The van der Waals surface area contributed by atoms with Crippen LogP contribution in [-0.2, 0) is 6.54 Å². The van der Waals surface area contributed by atoms with E-state index in [4.69, 9.17) is 11.6 Å². The SMILES string of the molecule is O=C(Nc1ccc(F)c(Cl)c1)c1cccc(CN2C(=O)c3ccccc3C2=O)c1. The maximum Gasteiger partial charge on any atom is 0.261 e. The van der Waals surface area contributed by atoms with Crippen LogP contribution < -0.4 is 5.32 Å². The number of imide groups is 1. The predicted molar refractivity (Wildman–Crippen MR) is 106 cm³/mol. The van der Waals surface area contributed by atoms with Gasteiger partial charge in [0.25, 0.3) is 17.7 Å². The molecule has 0 fully saturated rings. The Hall–Kier alpha value is -3.51. The van der Waals surface area contributed by atoms with Gasteiger partial charge in [-0.2, -0.15) is 0 Å². The fraction of sp³-hybridized carbons (Fsp3) is 0.0455. The Balaban J connectivity index is 1.52. The van der Waals surface area contributed by atoms with Crippen LogP contribution in [0.25, 0.3) is 0 Å². The third kappa shape index (κ3) is 3.62. The number of halogens is 2. The standard InChI is InChI=1S/C22H14ClFN2O3/c23-18-11-15(8-9-19(18)24)25-20(27)14-5-3-4-13(10-14)12-26-21(28)16-6-1-2-7-17(16)22(26)29/h1-11H,12H2,(H,25,27). The Morgan fingerprint density at radius 1 is 0.931 bits per heavy atom. The van der Waals surface area contributed by atoms with Gasteiger partial charge in [0, 0.05) is 11.3 Å². The second kappa shape index (κ2) is 7.48. The summed E-state index contributed by atoms with van der Waals surface area (Å²) in [4.78, 5) is 38.7. The summed E-state index contributed by atoms with van der Waals surface area (Å²) < 4.78 is 13.3. The number of fused-ring (bicyclic) bond motifs is 1. The van der Waals surface area contributed by atoms with Crippen molar-refractivity contribution in [1.29, 1.82) is 0 Å². The number of amides is 3. The van der Waals surface area contributed by atoms with E-state index in [0.29, 0.717) is 27.9 Å². The third-order valence-corrected chi connectivity index (χ3v) is 4.88. The Bertz CT molecular complexity index is 1130. The molecule has 7 heteroatoms. The van der Waals surface area contributed by atoms with Crippen LogP contribution in [0.4, 0.5) is 10.1 Å². The minimum atomic E-state index is -0.576. The smallest absolute Gasteiger partial charge is 0.261 e. The molecule has 0 aromatic heterocycles. The molecule has 1 aliphatic heterocycles. The van der Waals surface area contributed by atoms with Gasteiger partial charge >= 0.3 is 0 Å². The van der Waals surface area contributed by atoms with Crippen molar-refractivity contribution in [3.8, 4) is 0 Å². The van der Waals surface area contributed by atoms with E-state index in [1.807, 2.05) is 0 Å². The van der Waals surface area contributed by atoms with E-state index in [0.717, 1.165) is 11.0 Å². The molecule has 3 aromatic rings. The van der Waals surface area contributed by atoms with Gasteiger partial charge in [-0.1, -0.05) is 35.9 Å². The lowest BCUT2D eigenvalue weighted by Gasteiger charge is -2.14. The summed E-state index contributed by atoms with van der Waals surface area (Å²) in [6.07, 6.45) is 0. The Morgan fingerprint density at radius 3 is 2.28 bits per heavy atom. The quantitative estimate of drug-likeness (QED) is 0.645. The number of hydrogen-bond donors (Lipinski definition) is 1. The van der Waals surface area contributed by atoms with Gasteiger partial charge in [0.05, 0.1) is 22.7 Å². The number of anilines is 1. The lowest BCUT2D eigenvalue weighted by molar-refractivity contribution is 0.0642. The monoisotopic (exact) mass is 408 g/mol. The van der Waals surface area contributed by atoms with Crippen molar-refractivity contribution in [2.45, 2.75) is 6.54 Å². The van der Waals surface area contributed by atoms with Crippen LogP contribution in [0.3, 0.4) is 0 Å². The summed E-state index contributed by atoms with van der Waals surface area (Å²) in [5.41, 5.74) is 2.06. The van der Waals surface area contributed by atoms with Crippen molar-refractivity contribution in [2.75, 3.05) is 5.32 Å². The summed E-state index contributed by atoms with van der Waals surface area (Å²) in [6.45, 7) is 0.0514. The maximum absolute atomic E-state index is 13.3. The molecule has 0 atom stereocenters. The molecule has 0 unspecified atom stereocenters. The van der Waals surface area contributed by atoms with Gasteiger partial charge in [-0.15, -0.1) is 0 Å². The van der Waals surface area contributed by atoms with Gasteiger partial charge in [0.15, 0.2) is 0 Å². The summed E-state index contributed by atoms with van der Waals surface area (Å²) in [5.74, 6) is -1.72. The molecule has 29 heavy (non-hydrogen) atoms. The molecule has 0 saturated carbocycles. The molecule has 0 radical (unpaired) electrons. The highest BCUT2D eigenvalue weighted by molar-refractivity contribution is 6.31. The fourth-order valence-electron chi connectivity index (χ4n) is 3.15. The Kier molecular flexibility index (Phi) is 4.86. The van der Waals surface area contributed by atoms with Crippen LogP contribution in [0.2, 0.25) is 5.02 Å². The van der Waals surface area contributed by atoms with Gasteiger partial charge in [-0.05, 0) is 48.0 Å². The summed E-state index contributed by atoms with van der Waals surface area (Å²) >= 11 is 5.73. The summed E-state index contributed by atoms with van der Waals surface area (Å²) in [6, 6.07) is 17.1. The topological polar surface area (TPSA) is 66.5 Å². The third-order valence-electron chi connectivity index (χ3n) is 4.59. The van der Waals surface area contributed by atoms with Crippen LogP contribution >= 0.6 is 11.6 Å². The van der Waals surface area contributed by atoms with Crippen LogP contribution in [-0.4, -0.2) is 22.6 Å². The van der Waals surface area contributed by atoms with Gasteiger partial charge in [0.2, 0.25) is 0 Å². The minimum absolute atomic E-state index is 0.0514. The highest BCUT2D eigenvalue weighted by Gasteiger charge is 2.34. The van der Waals surface area contributed by atoms with Crippen molar-refractivity contribution < 1.29 is 18.8 Å². The second-order valence-electron chi connectivity index (χ2n) is 6.53. The van der Waals surface area contributed by atoms with E-state index in [-0.39, 0.29) is 23.4 Å². The molecule has 4 rings (SSSR count). The Morgan fingerprint density at radius 2 is 1.62 bits per heavy atom. The number of hydrogen-bond acceptors (Lipinski definition) is 3. The van der Waals surface area contributed by atoms with E-state index >= 15 is 0 Å². The number of rotatable bonds is 4. The van der Waals surface area contributed by atoms with E-state index in [1.54, 1.807) is 48.5 Å².